The van der Waals surface area contributed by atoms with Gasteiger partial charge in [-0.15, -0.1) is 0 Å². The fourth-order valence-corrected chi connectivity index (χ4v) is 4.39. The second-order valence-corrected chi connectivity index (χ2v) is 6.44. The molecular formula is C16H21N5O. The Balaban J connectivity index is 1.75. The number of hydrogen-bond donors (Lipinski definition) is 2. The molecular weight excluding hydrogens is 278 g/mol. The molecule has 1 saturated carbocycles. The number of pyridine rings is 1. The molecule has 4 rings (SSSR count). The van der Waals surface area contributed by atoms with E-state index in [1.54, 1.807) is 6.20 Å². The Kier molecular flexibility index (Phi) is 2.99. The largest absolute Gasteiger partial charge is 0.353 e. The van der Waals surface area contributed by atoms with Crippen molar-refractivity contribution in [3.8, 4) is 0 Å². The highest BCUT2D eigenvalue weighted by Gasteiger charge is 2.47. The Morgan fingerprint density at radius 3 is 3.14 bits per heavy atom. The number of rotatable bonds is 2. The summed E-state index contributed by atoms with van der Waals surface area (Å²) < 4.78 is 0. The van der Waals surface area contributed by atoms with E-state index in [0.717, 1.165) is 23.3 Å². The number of H-pyrrole nitrogens is 1. The van der Waals surface area contributed by atoms with Gasteiger partial charge in [-0.05, 0) is 30.9 Å². The van der Waals surface area contributed by atoms with Crippen LogP contribution < -0.4 is 10.6 Å². The summed E-state index contributed by atoms with van der Waals surface area (Å²) in [6.45, 7) is 0.788. The van der Waals surface area contributed by atoms with E-state index in [9.17, 15) is 4.79 Å². The maximum absolute atomic E-state index is 11.9. The number of hydrogen-bond acceptors (Lipinski definition) is 3. The van der Waals surface area contributed by atoms with E-state index < -0.39 is 0 Å². The van der Waals surface area contributed by atoms with Gasteiger partial charge in [-0.3, -0.25) is 0 Å². The van der Waals surface area contributed by atoms with Crippen LogP contribution in [0, 0.1) is 11.8 Å². The zero-order chi connectivity index (χ0) is 15.3. The third-order valence-corrected chi connectivity index (χ3v) is 5.35. The number of fused-ring (bicyclic) bond motifs is 2. The third-order valence-electron chi connectivity index (χ3n) is 5.35. The maximum atomic E-state index is 11.9. The van der Waals surface area contributed by atoms with Crippen LogP contribution in [0.4, 0.5) is 10.5 Å². The molecule has 2 aliphatic rings. The molecule has 1 saturated heterocycles. The Morgan fingerprint density at radius 2 is 2.32 bits per heavy atom. The van der Waals surface area contributed by atoms with Gasteiger partial charge in [-0.1, -0.05) is 6.42 Å². The number of primary amides is 1. The molecule has 2 aromatic heterocycles. The van der Waals surface area contributed by atoms with Crippen LogP contribution in [0.2, 0.25) is 0 Å². The molecule has 2 amide bonds. The van der Waals surface area contributed by atoms with Crippen molar-refractivity contribution in [1.82, 2.24) is 14.9 Å². The first-order chi connectivity index (χ1) is 10.7. The molecule has 1 aliphatic heterocycles. The maximum Gasteiger partial charge on any atom is 0.316 e. The van der Waals surface area contributed by atoms with Crippen LogP contribution in [0.25, 0.3) is 11.0 Å². The van der Waals surface area contributed by atoms with Gasteiger partial charge >= 0.3 is 6.03 Å². The second-order valence-electron chi connectivity index (χ2n) is 6.44. The molecule has 3 N–H and O–H groups in total. The fourth-order valence-electron chi connectivity index (χ4n) is 4.39. The van der Waals surface area contributed by atoms with Gasteiger partial charge in [0, 0.05) is 37.3 Å². The fraction of sp³-hybridized carbons (Fsp3) is 0.500. The molecule has 0 bridgehead atoms. The van der Waals surface area contributed by atoms with E-state index in [-0.39, 0.29) is 12.2 Å². The first kappa shape index (κ1) is 13.4. The van der Waals surface area contributed by atoms with Gasteiger partial charge in [0.25, 0.3) is 0 Å². The van der Waals surface area contributed by atoms with Gasteiger partial charge in [-0.25, -0.2) is 9.78 Å². The summed E-state index contributed by atoms with van der Waals surface area (Å²) in [7, 11) is 2.06. The number of aromatic nitrogens is 2. The summed E-state index contributed by atoms with van der Waals surface area (Å²) >= 11 is 0. The zero-order valence-corrected chi connectivity index (χ0v) is 12.7. The third kappa shape index (κ3) is 1.86. The molecule has 22 heavy (non-hydrogen) atoms. The highest BCUT2D eigenvalue weighted by atomic mass is 16.2. The summed E-state index contributed by atoms with van der Waals surface area (Å²) in [6, 6.07) is 3.73. The van der Waals surface area contributed by atoms with E-state index >= 15 is 0 Å². The molecule has 0 radical (unpaired) electrons. The molecule has 2 fully saturated rings. The first-order valence-corrected chi connectivity index (χ1v) is 7.88. The van der Waals surface area contributed by atoms with Crippen molar-refractivity contribution in [2.24, 2.45) is 17.6 Å². The van der Waals surface area contributed by atoms with Gasteiger partial charge in [0.05, 0.1) is 5.69 Å². The second kappa shape index (κ2) is 4.90. The highest BCUT2D eigenvalue weighted by Crippen LogP contribution is 2.44. The predicted molar refractivity (Wildman–Crippen MR) is 85.4 cm³/mol. The average molecular weight is 299 g/mol. The average Bonchev–Trinajstić information content (AvgIpc) is 3.20. The number of nitrogens with zero attached hydrogens (tertiary/aromatic N) is 3. The van der Waals surface area contributed by atoms with Crippen LogP contribution in [0.3, 0.4) is 0 Å². The van der Waals surface area contributed by atoms with Crippen LogP contribution in [-0.2, 0) is 0 Å². The van der Waals surface area contributed by atoms with Gasteiger partial charge in [0.1, 0.15) is 11.8 Å². The molecule has 2 aromatic rings. The molecule has 6 heteroatoms. The number of aromatic amines is 1. The van der Waals surface area contributed by atoms with Crippen molar-refractivity contribution in [1.29, 1.82) is 0 Å². The molecule has 1 aliphatic carbocycles. The number of nitrogens with one attached hydrogen (secondary N) is 1. The quantitative estimate of drug-likeness (QED) is 0.891. The topological polar surface area (TPSA) is 78.2 Å². The van der Waals surface area contributed by atoms with Crippen molar-refractivity contribution in [2.75, 3.05) is 18.5 Å². The van der Waals surface area contributed by atoms with Crippen molar-refractivity contribution >= 4 is 22.8 Å². The number of anilines is 1. The Bertz CT molecular complexity index is 711. The van der Waals surface area contributed by atoms with Crippen molar-refractivity contribution < 1.29 is 4.79 Å². The number of likely N-dealkylation sites (tertiary alicyclic amines) is 1. The van der Waals surface area contributed by atoms with Crippen LogP contribution in [0.5, 0.6) is 0 Å². The summed E-state index contributed by atoms with van der Waals surface area (Å²) in [6.07, 6.45) is 7.38. The molecule has 3 unspecified atom stereocenters. The van der Waals surface area contributed by atoms with Crippen LogP contribution in [0.15, 0.2) is 24.5 Å². The lowest BCUT2D eigenvalue weighted by atomic mass is 9.97. The summed E-state index contributed by atoms with van der Waals surface area (Å²) in [5.74, 6) is 1.10. The van der Waals surface area contributed by atoms with Crippen molar-refractivity contribution in [2.45, 2.75) is 25.4 Å². The minimum absolute atomic E-state index is 0.0468. The van der Waals surface area contributed by atoms with Crippen molar-refractivity contribution in [3.63, 3.8) is 0 Å². The molecule has 6 nitrogen and oxygen atoms in total. The summed E-state index contributed by atoms with van der Waals surface area (Å²) in [5, 5.41) is 1.08. The van der Waals surface area contributed by atoms with Gasteiger partial charge < -0.3 is 20.5 Å². The lowest BCUT2D eigenvalue weighted by Gasteiger charge is -2.36. The predicted octanol–water partition coefficient (Wildman–Crippen LogP) is 2.14. The number of amides is 2. The zero-order valence-electron chi connectivity index (χ0n) is 12.7. The molecule has 0 spiro atoms. The van der Waals surface area contributed by atoms with Crippen LogP contribution in [0.1, 0.15) is 19.3 Å². The number of carbonyl (C=O) groups is 1. The van der Waals surface area contributed by atoms with E-state index in [2.05, 4.69) is 21.9 Å². The molecule has 0 aromatic carbocycles. The molecule has 3 heterocycles. The van der Waals surface area contributed by atoms with Crippen LogP contribution in [-0.4, -0.2) is 40.7 Å². The highest BCUT2D eigenvalue weighted by molar-refractivity contribution is 5.90. The van der Waals surface area contributed by atoms with E-state index in [0.29, 0.717) is 11.8 Å². The standard InChI is InChI=1S/C16H21N5O/c1-20(13-6-8-19-14-12(13)5-7-18-14)15-11-4-2-3-10(11)9-21(15)16(17)22/h5-8,10-11,15H,2-4,9H2,1H3,(H2,17,22)(H,18,19). The minimum Gasteiger partial charge on any atom is -0.353 e. The number of nitrogens with two attached hydrogens (primary N) is 1. The first-order valence-electron chi connectivity index (χ1n) is 7.88. The van der Waals surface area contributed by atoms with Crippen LogP contribution >= 0.6 is 0 Å². The Labute approximate surface area is 129 Å². The monoisotopic (exact) mass is 299 g/mol. The summed E-state index contributed by atoms with van der Waals surface area (Å²) in [4.78, 5) is 23.4. The SMILES string of the molecule is CN(c1ccnc2[nH]ccc12)C1C2CCCC2CN1C(N)=O. The van der Waals surface area contributed by atoms with Gasteiger partial charge in [-0.2, -0.15) is 0 Å². The van der Waals surface area contributed by atoms with E-state index in [1.807, 2.05) is 23.2 Å². The molecule has 116 valence electrons. The van der Waals surface area contributed by atoms with Gasteiger partial charge in [0.15, 0.2) is 0 Å². The lowest BCUT2D eigenvalue weighted by molar-refractivity contribution is 0.193. The van der Waals surface area contributed by atoms with Gasteiger partial charge in [0.2, 0.25) is 0 Å². The summed E-state index contributed by atoms with van der Waals surface area (Å²) in [5.41, 5.74) is 7.61. The van der Waals surface area contributed by atoms with E-state index in [4.69, 9.17) is 5.73 Å². The molecule has 3 atom stereocenters. The Morgan fingerprint density at radius 1 is 1.45 bits per heavy atom. The smallest absolute Gasteiger partial charge is 0.316 e. The number of carbonyl (C=O) groups excluding carboxylic acids is 1. The van der Waals surface area contributed by atoms with Crippen molar-refractivity contribution in [3.05, 3.63) is 24.5 Å². The normalized spacial score (nSPS) is 27.3. The lowest BCUT2D eigenvalue weighted by Crippen LogP contribution is -2.50. The Hall–Kier alpha value is -2.24. The number of urea groups is 1. The van der Waals surface area contributed by atoms with E-state index in [1.165, 1.54) is 19.3 Å². The minimum atomic E-state index is -0.314.